The first-order valence-electron chi connectivity index (χ1n) is 7.85. The van der Waals surface area contributed by atoms with Crippen LogP contribution < -0.4 is 5.73 Å². The van der Waals surface area contributed by atoms with Gasteiger partial charge in [-0.2, -0.15) is 0 Å². The van der Waals surface area contributed by atoms with Crippen LogP contribution in [0, 0.1) is 0 Å². The van der Waals surface area contributed by atoms with Gasteiger partial charge in [-0.3, -0.25) is 4.90 Å². The van der Waals surface area contributed by atoms with E-state index in [0.29, 0.717) is 18.6 Å². The molecule has 1 aromatic rings. The number of likely N-dealkylation sites (tertiary alicyclic amines) is 1. The zero-order chi connectivity index (χ0) is 14.5. The Morgan fingerprint density at radius 1 is 1.30 bits per heavy atom. The maximum absolute atomic E-state index is 6.07. The van der Waals surface area contributed by atoms with E-state index in [2.05, 4.69) is 55.1 Å². The van der Waals surface area contributed by atoms with Crippen LogP contribution in [0.25, 0.3) is 0 Å². The topological polar surface area (TPSA) is 32.5 Å². The highest BCUT2D eigenvalue weighted by Gasteiger charge is 2.26. The Labute approximate surface area is 123 Å². The van der Waals surface area contributed by atoms with Gasteiger partial charge >= 0.3 is 0 Å². The van der Waals surface area contributed by atoms with Gasteiger partial charge in [-0.15, -0.1) is 0 Å². The maximum atomic E-state index is 6.07. The Balaban J connectivity index is 2.10. The van der Waals surface area contributed by atoms with Crippen LogP contribution in [-0.4, -0.2) is 49.6 Å². The molecule has 2 unspecified atom stereocenters. The fraction of sp³-hybridized carbons (Fsp3) is 0.647. The molecule has 0 radical (unpaired) electrons. The molecule has 2 N–H and O–H groups in total. The summed E-state index contributed by atoms with van der Waals surface area (Å²) in [5, 5.41) is 0. The van der Waals surface area contributed by atoms with Crippen molar-refractivity contribution in [2.45, 2.75) is 38.3 Å². The lowest BCUT2D eigenvalue weighted by Gasteiger charge is -2.40. The van der Waals surface area contributed by atoms with Gasteiger partial charge in [0.2, 0.25) is 0 Å². The van der Waals surface area contributed by atoms with Crippen LogP contribution in [0.5, 0.6) is 0 Å². The van der Waals surface area contributed by atoms with Crippen molar-refractivity contribution in [2.75, 3.05) is 33.7 Å². The van der Waals surface area contributed by atoms with E-state index in [1.165, 1.54) is 30.5 Å². The summed E-state index contributed by atoms with van der Waals surface area (Å²) < 4.78 is 0. The van der Waals surface area contributed by atoms with E-state index in [1.54, 1.807) is 0 Å². The molecule has 1 aliphatic heterocycles. The van der Waals surface area contributed by atoms with Gasteiger partial charge in [0.15, 0.2) is 0 Å². The highest BCUT2D eigenvalue weighted by atomic mass is 15.2. The monoisotopic (exact) mass is 275 g/mol. The second-order valence-electron chi connectivity index (χ2n) is 6.10. The molecular formula is C17H29N3. The van der Waals surface area contributed by atoms with Crippen molar-refractivity contribution >= 4 is 0 Å². The SMILES string of the molecule is CCc1ccc(C(CN)N2CCCC(N(C)C)C2)cc1. The molecule has 20 heavy (non-hydrogen) atoms. The molecule has 3 heteroatoms. The number of piperidine rings is 1. The Morgan fingerprint density at radius 3 is 2.55 bits per heavy atom. The van der Waals surface area contributed by atoms with E-state index in [4.69, 9.17) is 5.73 Å². The largest absolute Gasteiger partial charge is 0.329 e. The quantitative estimate of drug-likeness (QED) is 0.895. The lowest BCUT2D eigenvalue weighted by Crippen LogP contribution is -2.47. The molecule has 1 saturated heterocycles. The van der Waals surface area contributed by atoms with Gasteiger partial charge in [-0.05, 0) is 51.0 Å². The molecule has 1 heterocycles. The zero-order valence-electron chi connectivity index (χ0n) is 13.2. The normalized spacial score (nSPS) is 22.1. The minimum atomic E-state index is 0.364. The molecule has 0 spiro atoms. The van der Waals surface area contributed by atoms with E-state index >= 15 is 0 Å². The van der Waals surface area contributed by atoms with E-state index in [-0.39, 0.29) is 0 Å². The fourth-order valence-electron chi connectivity index (χ4n) is 3.16. The molecule has 1 fully saturated rings. The Bertz CT molecular complexity index is 399. The molecule has 0 saturated carbocycles. The van der Waals surface area contributed by atoms with Crippen LogP contribution >= 0.6 is 0 Å². The first kappa shape index (κ1) is 15.5. The summed E-state index contributed by atoms with van der Waals surface area (Å²) in [7, 11) is 4.36. The van der Waals surface area contributed by atoms with Gasteiger partial charge < -0.3 is 10.6 Å². The summed E-state index contributed by atoms with van der Waals surface area (Å²) in [5.74, 6) is 0. The smallest absolute Gasteiger partial charge is 0.0471 e. The van der Waals surface area contributed by atoms with Gasteiger partial charge in [-0.25, -0.2) is 0 Å². The molecule has 2 atom stereocenters. The van der Waals surface area contributed by atoms with Crippen molar-refractivity contribution in [3.05, 3.63) is 35.4 Å². The van der Waals surface area contributed by atoms with Gasteiger partial charge in [0.05, 0.1) is 0 Å². The fourth-order valence-corrected chi connectivity index (χ4v) is 3.16. The average Bonchev–Trinajstić information content (AvgIpc) is 2.49. The summed E-state index contributed by atoms with van der Waals surface area (Å²) in [6.07, 6.45) is 3.67. The van der Waals surface area contributed by atoms with Gasteiger partial charge in [0.1, 0.15) is 0 Å². The van der Waals surface area contributed by atoms with Gasteiger partial charge in [-0.1, -0.05) is 31.2 Å². The predicted octanol–water partition coefficient (Wildman–Crippen LogP) is 2.27. The molecule has 112 valence electrons. The molecular weight excluding hydrogens is 246 g/mol. The van der Waals surface area contributed by atoms with E-state index < -0.39 is 0 Å². The van der Waals surface area contributed by atoms with Crippen LogP contribution in [0.4, 0.5) is 0 Å². The number of nitrogens with zero attached hydrogens (tertiary/aromatic N) is 2. The molecule has 3 nitrogen and oxygen atoms in total. The van der Waals surface area contributed by atoms with E-state index in [1.807, 2.05) is 0 Å². The predicted molar refractivity (Wildman–Crippen MR) is 85.9 cm³/mol. The van der Waals surface area contributed by atoms with Crippen LogP contribution in [-0.2, 0) is 6.42 Å². The first-order valence-corrected chi connectivity index (χ1v) is 7.85. The zero-order valence-corrected chi connectivity index (χ0v) is 13.2. The van der Waals surface area contributed by atoms with Crippen molar-refractivity contribution in [3.63, 3.8) is 0 Å². The highest BCUT2D eigenvalue weighted by Crippen LogP contribution is 2.25. The summed E-state index contributed by atoms with van der Waals surface area (Å²) in [5.41, 5.74) is 8.83. The number of hydrogen-bond donors (Lipinski definition) is 1. The number of aryl methyl sites for hydroxylation is 1. The third kappa shape index (κ3) is 3.60. The standard InChI is InChI=1S/C17H29N3/c1-4-14-7-9-15(10-8-14)17(12-18)20-11-5-6-16(13-20)19(2)3/h7-10,16-17H,4-6,11-13,18H2,1-3H3. The van der Waals surface area contributed by atoms with Crippen molar-refractivity contribution < 1.29 is 0 Å². The van der Waals surface area contributed by atoms with Crippen molar-refractivity contribution in [3.8, 4) is 0 Å². The minimum absolute atomic E-state index is 0.364. The second kappa shape index (κ2) is 7.21. The Morgan fingerprint density at radius 2 is 2.00 bits per heavy atom. The molecule has 1 aliphatic rings. The van der Waals surface area contributed by atoms with Crippen LogP contribution in [0.2, 0.25) is 0 Å². The summed E-state index contributed by atoms with van der Waals surface area (Å²) in [6.45, 7) is 5.19. The summed E-state index contributed by atoms with van der Waals surface area (Å²) in [4.78, 5) is 4.91. The number of nitrogens with two attached hydrogens (primary N) is 1. The Hall–Kier alpha value is -0.900. The van der Waals surface area contributed by atoms with Crippen LogP contribution in [0.3, 0.4) is 0 Å². The van der Waals surface area contributed by atoms with Crippen LogP contribution in [0.1, 0.15) is 36.9 Å². The molecule has 1 aromatic carbocycles. The first-order chi connectivity index (χ1) is 9.65. The van der Waals surface area contributed by atoms with Crippen molar-refractivity contribution in [1.82, 2.24) is 9.80 Å². The van der Waals surface area contributed by atoms with E-state index in [0.717, 1.165) is 13.0 Å². The third-order valence-corrected chi connectivity index (χ3v) is 4.60. The van der Waals surface area contributed by atoms with Crippen LogP contribution in [0.15, 0.2) is 24.3 Å². The molecule has 0 bridgehead atoms. The average molecular weight is 275 g/mol. The van der Waals surface area contributed by atoms with E-state index in [9.17, 15) is 0 Å². The Kier molecular flexibility index (Phi) is 5.58. The van der Waals surface area contributed by atoms with Crippen molar-refractivity contribution in [2.24, 2.45) is 5.73 Å². The molecule has 0 amide bonds. The number of benzene rings is 1. The van der Waals surface area contributed by atoms with Gasteiger partial charge in [0, 0.05) is 25.2 Å². The maximum Gasteiger partial charge on any atom is 0.0471 e. The number of likely N-dealkylation sites (N-methyl/N-ethyl adjacent to an activating group) is 1. The molecule has 0 aliphatic carbocycles. The molecule has 2 rings (SSSR count). The van der Waals surface area contributed by atoms with Gasteiger partial charge in [0.25, 0.3) is 0 Å². The lowest BCUT2D eigenvalue weighted by molar-refractivity contribution is 0.0984. The van der Waals surface area contributed by atoms with Crippen molar-refractivity contribution in [1.29, 1.82) is 0 Å². The lowest BCUT2D eigenvalue weighted by atomic mass is 9.98. The summed E-state index contributed by atoms with van der Waals surface area (Å²) >= 11 is 0. The summed E-state index contributed by atoms with van der Waals surface area (Å²) in [6, 6.07) is 10.0. The minimum Gasteiger partial charge on any atom is -0.329 e. The number of rotatable bonds is 5. The third-order valence-electron chi connectivity index (χ3n) is 4.60. The highest BCUT2D eigenvalue weighted by molar-refractivity contribution is 5.25. The number of hydrogen-bond acceptors (Lipinski definition) is 3. The molecule has 0 aromatic heterocycles. The second-order valence-corrected chi connectivity index (χ2v) is 6.10.